The molecule has 121 heavy (non-hydrogen) atoms. The molecule has 12 rings (SSSR count). The molecule has 0 spiro atoms. The molecule has 670 valence electrons. The predicted octanol–water partition coefficient (Wildman–Crippen LogP) is 13.3. The number of aliphatic hydroxyl groups is 8. The minimum Gasteiger partial charge on any atom is -0.491 e. The molecule has 8 fully saturated rings. The maximum absolute atomic E-state index is 13.6. The van der Waals surface area contributed by atoms with Crippen molar-refractivity contribution in [1.82, 2.24) is 0 Å². The van der Waals surface area contributed by atoms with Crippen LogP contribution in [0.5, 0.6) is 23.0 Å². The molecular weight excluding hydrogens is 1600 g/mol. The second kappa shape index (κ2) is 50.4. The number of fused-ring (bicyclic) bond motifs is 4. The van der Waals surface area contributed by atoms with Crippen LogP contribution in [-0.4, -0.2) is 211 Å². The second-order valence-corrected chi connectivity index (χ2v) is 34.0. The summed E-state index contributed by atoms with van der Waals surface area (Å²) in [5.41, 5.74) is 0. The first kappa shape index (κ1) is 97.3. The van der Waals surface area contributed by atoms with Crippen molar-refractivity contribution in [2.45, 2.75) is 227 Å². The number of aliphatic carboxylic acids is 4. The van der Waals surface area contributed by atoms with Crippen molar-refractivity contribution in [3.8, 4) is 23.0 Å². The molecule has 4 aromatic carbocycles. The van der Waals surface area contributed by atoms with Gasteiger partial charge in [-0.1, -0.05) is 90.5 Å². The van der Waals surface area contributed by atoms with Crippen LogP contribution in [0.4, 0.5) is 17.6 Å². The van der Waals surface area contributed by atoms with E-state index in [1.165, 1.54) is 24.3 Å². The van der Waals surface area contributed by atoms with Crippen LogP contribution in [-0.2, 0) is 38.1 Å². The van der Waals surface area contributed by atoms with Gasteiger partial charge in [0.15, 0.2) is 23.1 Å². The molecule has 29 heteroatoms. The van der Waals surface area contributed by atoms with Crippen molar-refractivity contribution >= 4 is 35.5 Å². The first-order chi connectivity index (χ1) is 58.1. The smallest absolute Gasteiger partial charge is 0.303 e. The minimum atomic E-state index is -1.10. The number of halogens is 5. The van der Waals surface area contributed by atoms with E-state index in [4.69, 9.17) is 69.9 Å². The van der Waals surface area contributed by atoms with Gasteiger partial charge in [-0.25, -0.2) is 13.2 Å². The highest BCUT2D eigenvalue weighted by atomic mass is 35.5. The number of benzene rings is 4. The van der Waals surface area contributed by atoms with Crippen LogP contribution in [0.15, 0.2) is 140 Å². The molecule has 4 heterocycles. The lowest BCUT2D eigenvalue weighted by Crippen LogP contribution is -2.22. The number of aliphatic hydroxyl groups excluding tert-OH is 8. The minimum absolute atomic E-state index is 0.0129. The van der Waals surface area contributed by atoms with Crippen molar-refractivity contribution < 1.29 is 136 Å². The summed E-state index contributed by atoms with van der Waals surface area (Å²) in [7, 11) is 0. The first-order valence-corrected chi connectivity index (χ1v) is 43.2. The molecule has 4 aromatic rings. The number of hydrogen-bond acceptors (Lipinski definition) is 20. The Hall–Kier alpha value is -7.55. The topological polar surface area (TPSA) is 385 Å². The number of carboxylic acid groups (broad SMARTS) is 4. The van der Waals surface area contributed by atoms with Gasteiger partial charge in [0.2, 0.25) is 5.82 Å². The number of para-hydroxylation sites is 1. The standard InChI is InChI=1S/C23H31ClO6.2C23H30F2O6.C23H32O6/c24-16-4-2-5-18(11-16)29-14-17(25)8-10-19-20-9-7-15(3-1-6-23(27)28)13-30-22(20)12-21(19)26;24-18-4-2-5-20(23(18)25)31-13-15(26)8-10-16-17-9-7-14(3-1-6-22(28)29)12-30-21(17)11-19(16)27;24-15-5-9-19(25)22(10-15)31-13-16(26)6-8-17-18-7-4-14(2-1-3-23(28)29)12-30-21(18)11-20(17)27;24-17(15-28-18-6-2-1-3-7-18)10-12-19-20-11-9-16(5-4-8-23(26)27)14-29-22(20)13-21(19)25/h2,4-5,8,10-11,15,17,19-22,25-26H,1,3,6-7,9,12-14H2,(H,27,28);2,4-5,8,10,14-17,19,21,26-27H,1,3,6-7,9,11-13H2,(H,28,29);5-6,8-10,14,16-18,20-21,26-27H,1-4,7,11-13H2,(H,28,29);1-3,6-7,10,12,16-17,19-22,24-25H,4-5,8-9,11,13-15H2,(H,26,27)/b2*10-8+;8-6+;12-10+/t15-,17+,19+,20+,21+,22-;14-,15+,16+,17+,19+,21-;14-,16+,17+,18+,20+,21-;16-,17+,19+,20+,21+,22-/m0000/s1. The molecule has 0 radical (unpaired) electrons. The highest BCUT2D eigenvalue weighted by Crippen LogP contribution is 2.47. The van der Waals surface area contributed by atoms with E-state index in [1.807, 2.05) is 42.5 Å². The van der Waals surface area contributed by atoms with Crippen molar-refractivity contribution in [3.05, 3.63) is 168 Å². The van der Waals surface area contributed by atoms with E-state index in [0.29, 0.717) is 118 Å². The Bertz CT molecular complexity index is 3840. The zero-order valence-corrected chi connectivity index (χ0v) is 69.2. The van der Waals surface area contributed by atoms with Gasteiger partial charge in [-0.15, -0.1) is 0 Å². The van der Waals surface area contributed by atoms with E-state index in [9.17, 15) is 77.6 Å². The SMILES string of the molecule is O=C(O)CCC[C@H]1CC[C@@H]2[C@@H](/C=C/[C@@H](O)COc3cc(F)ccc3F)[C@H](O)C[C@@H]2OC1.O=C(O)CCC[C@H]1CC[C@@H]2[C@@H](/C=C/[C@@H](O)COc3cccc(Cl)c3)[C@H](O)C[C@@H]2OC1.O=C(O)CCC[C@H]1CC[C@@H]2[C@@H](/C=C/[C@@H](O)COc3cccc(F)c3F)[C@H](O)C[C@@H]2OC1.O=C(O)CCC[C@H]1CC[C@@H]2[C@@H](/C=C/[C@@H](O)COc3ccccc3)[C@H](O)C[C@@H]2OC1. The average Bonchev–Trinajstić information content (AvgIpc) is 1.68. The number of hydrogen-bond donors (Lipinski definition) is 12. The molecule has 4 saturated heterocycles. The lowest BCUT2D eigenvalue weighted by molar-refractivity contribution is -0.138. The van der Waals surface area contributed by atoms with E-state index < -0.39 is 96.0 Å². The van der Waals surface area contributed by atoms with E-state index in [1.54, 1.807) is 48.6 Å². The highest BCUT2D eigenvalue weighted by molar-refractivity contribution is 6.30. The van der Waals surface area contributed by atoms with Gasteiger partial charge < -0.3 is 99.2 Å². The Morgan fingerprint density at radius 1 is 0.388 bits per heavy atom. The monoisotopic (exact) mass is 1720 g/mol. The van der Waals surface area contributed by atoms with Crippen molar-refractivity contribution in [2.75, 3.05) is 52.9 Å². The Kier molecular flexibility index (Phi) is 40.5. The van der Waals surface area contributed by atoms with Gasteiger partial charge in [-0.05, 0) is 205 Å². The molecule has 4 saturated carbocycles. The van der Waals surface area contributed by atoms with Crippen LogP contribution in [0.2, 0.25) is 5.02 Å². The Balaban J connectivity index is 0.000000183. The Labute approximate surface area is 710 Å². The van der Waals surface area contributed by atoms with Gasteiger partial charge in [0.05, 0.1) is 48.8 Å². The average molecular weight is 1720 g/mol. The molecule has 0 unspecified atom stereocenters. The third-order valence-corrected chi connectivity index (χ3v) is 24.9. The van der Waals surface area contributed by atoms with Crippen molar-refractivity contribution in [2.24, 2.45) is 71.0 Å². The fourth-order valence-corrected chi connectivity index (χ4v) is 18.3. The second-order valence-electron chi connectivity index (χ2n) is 33.5. The summed E-state index contributed by atoms with van der Waals surface area (Å²) in [5.74, 6) is -4.16. The molecule has 0 bridgehead atoms. The number of rotatable bonds is 36. The fourth-order valence-electron chi connectivity index (χ4n) is 18.2. The van der Waals surface area contributed by atoms with Crippen LogP contribution in [0.3, 0.4) is 0 Å². The van der Waals surface area contributed by atoms with Crippen molar-refractivity contribution in [1.29, 1.82) is 0 Å². The largest absolute Gasteiger partial charge is 0.491 e. The summed E-state index contributed by atoms with van der Waals surface area (Å²) in [4.78, 5) is 42.8. The van der Waals surface area contributed by atoms with Gasteiger partial charge in [-0.3, -0.25) is 19.2 Å². The molecule has 4 aliphatic carbocycles. The van der Waals surface area contributed by atoms with Crippen LogP contribution in [0, 0.1) is 94.3 Å². The predicted molar refractivity (Wildman–Crippen MR) is 439 cm³/mol. The first-order valence-electron chi connectivity index (χ1n) is 42.8. The molecule has 12 N–H and O–H groups in total. The fraction of sp³-hybridized carbons (Fsp3) is 0.609. The number of ether oxygens (including phenoxy) is 8. The highest BCUT2D eigenvalue weighted by Gasteiger charge is 2.47. The number of carboxylic acids is 4. The molecular formula is C92H123ClF4O24. The summed E-state index contributed by atoms with van der Waals surface area (Å²) in [6.45, 7) is 2.19. The quantitative estimate of drug-likeness (QED) is 0.0149. The van der Waals surface area contributed by atoms with Gasteiger partial charge >= 0.3 is 23.9 Å². The van der Waals surface area contributed by atoms with Crippen LogP contribution in [0.1, 0.15) is 154 Å². The van der Waals surface area contributed by atoms with Gasteiger partial charge in [-0.2, -0.15) is 4.39 Å². The normalized spacial score (nSPS) is 29.9. The maximum atomic E-state index is 13.6. The maximum Gasteiger partial charge on any atom is 0.303 e. The number of carbonyl (C=O) groups is 4. The molecule has 0 amide bonds. The third kappa shape index (κ3) is 32.5. The molecule has 24 atom stereocenters. The van der Waals surface area contributed by atoms with Gasteiger partial charge in [0.1, 0.15) is 68.2 Å². The lowest BCUT2D eigenvalue weighted by Gasteiger charge is -2.21. The summed E-state index contributed by atoms with van der Waals surface area (Å²) in [6, 6.07) is 22.9. The molecule has 8 aliphatic rings. The Morgan fingerprint density at radius 2 is 0.719 bits per heavy atom. The zero-order chi connectivity index (χ0) is 86.9. The summed E-state index contributed by atoms with van der Waals surface area (Å²) >= 11 is 5.93. The summed E-state index contributed by atoms with van der Waals surface area (Å²) < 4.78 is 99.4. The van der Waals surface area contributed by atoms with Crippen molar-refractivity contribution in [3.63, 3.8) is 0 Å². The third-order valence-electron chi connectivity index (χ3n) is 24.6. The zero-order valence-electron chi connectivity index (χ0n) is 68.4. The van der Waals surface area contributed by atoms with Crippen LogP contribution < -0.4 is 18.9 Å². The summed E-state index contributed by atoms with van der Waals surface area (Å²) in [5, 5.41) is 119. The van der Waals surface area contributed by atoms with E-state index in [-0.39, 0.29) is 135 Å². The van der Waals surface area contributed by atoms with Gasteiger partial charge in [0, 0.05) is 113 Å². The molecule has 24 nitrogen and oxygen atoms in total. The summed E-state index contributed by atoms with van der Waals surface area (Å²) in [6.07, 6.45) is 24.2. The lowest BCUT2D eigenvalue weighted by atomic mass is 9.86. The molecule has 4 aliphatic heterocycles. The van der Waals surface area contributed by atoms with Crippen LogP contribution >= 0.6 is 11.6 Å². The molecule has 0 aromatic heterocycles. The van der Waals surface area contributed by atoms with E-state index in [2.05, 4.69) is 0 Å². The Morgan fingerprint density at radius 3 is 1.07 bits per heavy atom. The van der Waals surface area contributed by atoms with Gasteiger partial charge in [0.25, 0.3) is 0 Å². The van der Waals surface area contributed by atoms with Crippen LogP contribution in [0.25, 0.3) is 0 Å². The van der Waals surface area contributed by atoms with E-state index in [0.717, 1.165) is 101 Å². The van der Waals surface area contributed by atoms with E-state index >= 15 is 0 Å².